The molecule has 1 aromatic heterocycles. The Morgan fingerprint density at radius 3 is 2.26 bits per heavy atom. The lowest BCUT2D eigenvalue weighted by Gasteiger charge is -2.18. The van der Waals surface area contributed by atoms with E-state index in [1.807, 2.05) is 18.2 Å². The summed E-state index contributed by atoms with van der Waals surface area (Å²) in [6, 6.07) is 16.0. The highest BCUT2D eigenvalue weighted by molar-refractivity contribution is 7.92. The van der Waals surface area contributed by atoms with E-state index in [0.29, 0.717) is 11.3 Å². The summed E-state index contributed by atoms with van der Waals surface area (Å²) in [4.78, 5) is 2.36. The minimum atomic E-state index is -3.33. The Morgan fingerprint density at radius 1 is 1.03 bits per heavy atom. The van der Waals surface area contributed by atoms with Crippen molar-refractivity contribution in [1.82, 2.24) is 9.47 Å². The molecule has 0 radical (unpaired) electrons. The van der Waals surface area contributed by atoms with E-state index in [9.17, 15) is 13.7 Å². The molecule has 1 N–H and O–H groups in total. The maximum atomic E-state index is 11.8. The van der Waals surface area contributed by atoms with Gasteiger partial charge in [-0.2, -0.15) is 5.26 Å². The second kappa shape index (κ2) is 9.54. The van der Waals surface area contributed by atoms with Crippen LogP contribution in [0.2, 0.25) is 0 Å². The van der Waals surface area contributed by atoms with Gasteiger partial charge in [-0.05, 0) is 56.3 Å². The number of hydrogen-bond acceptors (Lipinski definition) is 4. The minimum absolute atomic E-state index is 0.0211. The summed E-state index contributed by atoms with van der Waals surface area (Å²) in [5, 5.41) is 10.9. The molecule has 0 atom stereocenters. The smallest absolute Gasteiger partial charge is 0.232 e. The largest absolute Gasteiger partial charge is 0.340 e. The van der Waals surface area contributed by atoms with Crippen LogP contribution in [0.4, 0.5) is 5.69 Å². The fourth-order valence-corrected chi connectivity index (χ4v) is 4.53. The van der Waals surface area contributed by atoms with E-state index in [2.05, 4.69) is 53.2 Å². The third-order valence-corrected chi connectivity index (χ3v) is 6.98. The Balaban J connectivity index is 2.08. The Labute approximate surface area is 185 Å². The van der Waals surface area contributed by atoms with Gasteiger partial charge in [0.15, 0.2) is 0 Å². The first kappa shape index (κ1) is 22.9. The van der Waals surface area contributed by atoms with Gasteiger partial charge in [-0.3, -0.25) is 9.62 Å². The number of anilines is 1. The van der Waals surface area contributed by atoms with E-state index in [-0.39, 0.29) is 5.75 Å². The van der Waals surface area contributed by atoms with Gasteiger partial charge < -0.3 is 4.57 Å². The van der Waals surface area contributed by atoms with Crippen LogP contribution in [0.3, 0.4) is 0 Å². The molecule has 2 aromatic carbocycles. The van der Waals surface area contributed by atoms with Crippen LogP contribution in [0.15, 0.2) is 42.5 Å². The molecule has 0 unspecified atom stereocenters. The van der Waals surface area contributed by atoms with Crippen LogP contribution in [-0.4, -0.2) is 36.7 Å². The van der Waals surface area contributed by atoms with E-state index >= 15 is 0 Å². The maximum Gasteiger partial charge on any atom is 0.232 e. The number of sulfonamides is 1. The van der Waals surface area contributed by atoms with Gasteiger partial charge >= 0.3 is 0 Å². The summed E-state index contributed by atoms with van der Waals surface area (Å²) in [5.41, 5.74) is 5.19. The van der Waals surface area contributed by atoms with Crippen molar-refractivity contribution in [1.29, 1.82) is 5.26 Å². The zero-order valence-corrected chi connectivity index (χ0v) is 19.5. The van der Waals surface area contributed by atoms with Crippen LogP contribution in [0.1, 0.15) is 38.8 Å². The van der Waals surface area contributed by atoms with Crippen molar-refractivity contribution in [3.8, 4) is 17.3 Å². The van der Waals surface area contributed by atoms with E-state index < -0.39 is 10.0 Å². The van der Waals surface area contributed by atoms with Crippen LogP contribution in [0, 0.1) is 11.3 Å². The number of nitrogens with one attached hydrogen (secondary N) is 1. The molecular weight excluding hydrogens is 408 g/mol. The normalized spacial score (nSPS) is 11.7. The molecule has 6 nitrogen and oxygen atoms in total. The van der Waals surface area contributed by atoms with Crippen molar-refractivity contribution in [2.45, 2.75) is 40.8 Å². The molecular formula is C24H30N4O2S. The zero-order chi connectivity index (χ0) is 22.6. The molecule has 164 valence electrons. The van der Waals surface area contributed by atoms with Gasteiger partial charge in [0.1, 0.15) is 6.07 Å². The van der Waals surface area contributed by atoms with Gasteiger partial charge in [-0.15, -0.1) is 0 Å². The summed E-state index contributed by atoms with van der Waals surface area (Å²) in [6.07, 6.45) is 0. The van der Waals surface area contributed by atoms with Crippen molar-refractivity contribution in [3.63, 3.8) is 0 Å². The molecule has 0 aliphatic carbocycles. The number of rotatable bonds is 9. The van der Waals surface area contributed by atoms with Gasteiger partial charge in [0.25, 0.3) is 0 Å². The molecule has 0 bridgehead atoms. The number of aryl methyl sites for hydroxylation is 1. The molecule has 0 fully saturated rings. The molecule has 0 aliphatic heterocycles. The topological polar surface area (TPSA) is 78.1 Å². The molecule has 0 saturated heterocycles. The Kier molecular flexibility index (Phi) is 7.04. The number of hydrogen-bond donors (Lipinski definition) is 1. The number of fused-ring (bicyclic) bond motifs is 1. The predicted octanol–water partition coefficient (Wildman–Crippen LogP) is 4.80. The fraction of sp³-hybridized carbons (Fsp3) is 0.375. The zero-order valence-electron chi connectivity index (χ0n) is 18.6. The number of nitriles is 1. The highest BCUT2D eigenvalue weighted by Crippen LogP contribution is 2.34. The van der Waals surface area contributed by atoms with Crippen LogP contribution >= 0.6 is 0 Å². The fourth-order valence-electron chi connectivity index (χ4n) is 3.89. The molecule has 0 spiro atoms. The average Bonchev–Trinajstić information content (AvgIpc) is 3.10. The second-order valence-corrected chi connectivity index (χ2v) is 9.49. The van der Waals surface area contributed by atoms with Gasteiger partial charge in [0.05, 0.1) is 22.5 Å². The molecule has 3 aromatic rings. The molecule has 3 rings (SSSR count). The van der Waals surface area contributed by atoms with Crippen LogP contribution < -0.4 is 4.72 Å². The predicted molar refractivity (Wildman–Crippen MR) is 127 cm³/mol. The second-order valence-electron chi connectivity index (χ2n) is 7.48. The number of benzene rings is 2. The van der Waals surface area contributed by atoms with Crippen molar-refractivity contribution in [2.24, 2.45) is 0 Å². The highest BCUT2D eigenvalue weighted by atomic mass is 32.2. The SMILES string of the molecule is CCN(CC)Cc1ccc2c(C#N)c(-c3ccc(NS(=O)(=O)CC)cc3)n(CC)c2c1. The maximum absolute atomic E-state index is 11.8. The van der Waals surface area contributed by atoms with E-state index in [1.165, 1.54) is 5.56 Å². The monoisotopic (exact) mass is 438 g/mol. The summed E-state index contributed by atoms with van der Waals surface area (Å²) in [7, 11) is -3.33. The van der Waals surface area contributed by atoms with Crippen molar-refractivity contribution >= 4 is 26.6 Å². The third-order valence-electron chi connectivity index (χ3n) is 5.67. The van der Waals surface area contributed by atoms with Crippen LogP contribution in [0.5, 0.6) is 0 Å². The standard InChI is InChI=1S/C24H30N4O2S/c1-5-27(6-2)17-18-9-14-21-22(16-25)24(28(7-3)23(21)15-18)19-10-12-20(13-11-19)26-31(29,30)8-4/h9-15,26H,5-8,17H2,1-4H3. The lowest BCUT2D eigenvalue weighted by atomic mass is 10.0. The Morgan fingerprint density at radius 2 is 1.71 bits per heavy atom. The molecule has 31 heavy (non-hydrogen) atoms. The van der Waals surface area contributed by atoms with Crippen molar-refractivity contribution in [3.05, 3.63) is 53.6 Å². The minimum Gasteiger partial charge on any atom is -0.340 e. The van der Waals surface area contributed by atoms with Gasteiger partial charge in [-0.1, -0.05) is 38.1 Å². The van der Waals surface area contributed by atoms with Crippen molar-refractivity contribution in [2.75, 3.05) is 23.6 Å². The summed E-state index contributed by atoms with van der Waals surface area (Å²) in [6.45, 7) is 11.6. The molecule has 7 heteroatoms. The molecule has 1 heterocycles. The van der Waals surface area contributed by atoms with E-state index in [4.69, 9.17) is 0 Å². The van der Waals surface area contributed by atoms with Gasteiger partial charge in [-0.25, -0.2) is 8.42 Å². The summed E-state index contributed by atoms with van der Waals surface area (Å²) < 4.78 is 28.4. The lowest BCUT2D eigenvalue weighted by Crippen LogP contribution is -2.22. The first-order valence-corrected chi connectivity index (χ1v) is 12.4. The quantitative estimate of drug-likeness (QED) is 0.520. The average molecular weight is 439 g/mol. The highest BCUT2D eigenvalue weighted by Gasteiger charge is 2.19. The molecule has 0 amide bonds. The number of nitrogens with zero attached hydrogens (tertiary/aromatic N) is 3. The molecule has 0 saturated carbocycles. The third kappa shape index (κ3) is 4.76. The van der Waals surface area contributed by atoms with Crippen LogP contribution in [-0.2, 0) is 23.1 Å². The first-order chi connectivity index (χ1) is 14.9. The summed E-state index contributed by atoms with van der Waals surface area (Å²) in [5.74, 6) is 0.0211. The van der Waals surface area contributed by atoms with Gasteiger partial charge in [0.2, 0.25) is 10.0 Å². The van der Waals surface area contributed by atoms with E-state index in [1.54, 1.807) is 19.1 Å². The van der Waals surface area contributed by atoms with Gasteiger partial charge in [0, 0.05) is 24.2 Å². The Hall–Kier alpha value is -2.82. The number of aromatic nitrogens is 1. The summed E-state index contributed by atoms with van der Waals surface area (Å²) >= 11 is 0. The first-order valence-electron chi connectivity index (χ1n) is 10.8. The van der Waals surface area contributed by atoms with E-state index in [0.717, 1.165) is 48.3 Å². The lowest BCUT2D eigenvalue weighted by molar-refractivity contribution is 0.296. The van der Waals surface area contributed by atoms with Crippen LogP contribution in [0.25, 0.3) is 22.2 Å². The molecule has 0 aliphatic rings. The van der Waals surface area contributed by atoms with Crippen molar-refractivity contribution < 1.29 is 8.42 Å². The Bertz CT molecular complexity index is 1200.